The molecule has 0 saturated carbocycles. The molecule has 2 aromatic rings. The van der Waals surface area contributed by atoms with Gasteiger partial charge in [0.2, 0.25) is 0 Å². The number of carbonyl (C=O) groups is 2. The summed E-state index contributed by atoms with van der Waals surface area (Å²) in [7, 11) is 0. The fourth-order valence-corrected chi connectivity index (χ4v) is 4.45. The predicted molar refractivity (Wildman–Crippen MR) is 98.3 cm³/mol. The lowest BCUT2D eigenvalue weighted by Gasteiger charge is -2.27. The van der Waals surface area contributed by atoms with Crippen molar-refractivity contribution in [2.45, 2.75) is 12.5 Å². The van der Waals surface area contributed by atoms with Gasteiger partial charge >= 0.3 is 0 Å². The van der Waals surface area contributed by atoms with Crippen molar-refractivity contribution >= 4 is 57.6 Å². The molecule has 1 aromatic carbocycles. The molecule has 1 atom stereocenters. The maximum atomic E-state index is 12.6. The molecule has 1 amide bonds. The lowest BCUT2D eigenvalue weighted by atomic mass is 10.0. The number of amides is 1. The lowest BCUT2D eigenvalue weighted by Crippen LogP contribution is -2.51. The molecule has 0 unspecified atom stereocenters. The van der Waals surface area contributed by atoms with Crippen LogP contribution in [0.5, 0.6) is 0 Å². The number of nitrogens with zero attached hydrogens (tertiary/aromatic N) is 1. The molecule has 3 rings (SSSR count). The van der Waals surface area contributed by atoms with E-state index in [2.05, 4.69) is 0 Å². The minimum absolute atomic E-state index is 0.155. The van der Waals surface area contributed by atoms with E-state index in [0.29, 0.717) is 4.91 Å². The first-order valence-corrected chi connectivity index (χ1v) is 9.22. The number of thioether (sulfide) groups is 1. The Kier molecular flexibility index (Phi) is 5.13. The summed E-state index contributed by atoms with van der Waals surface area (Å²) in [5.41, 5.74) is 0.808. The van der Waals surface area contributed by atoms with Gasteiger partial charge in [-0.2, -0.15) is 0 Å². The van der Waals surface area contributed by atoms with Crippen molar-refractivity contribution in [1.82, 2.24) is 4.90 Å². The second kappa shape index (κ2) is 7.29. The average Bonchev–Trinajstić information content (AvgIpc) is 3.16. The summed E-state index contributed by atoms with van der Waals surface area (Å²) in [6, 6.07) is 11.8. The molecule has 7 heteroatoms. The first-order chi connectivity index (χ1) is 11.6. The first-order valence-electron chi connectivity index (χ1n) is 7.11. The summed E-state index contributed by atoms with van der Waals surface area (Å²) < 4.78 is 0.243. The molecule has 122 valence electrons. The van der Waals surface area contributed by atoms with Gasteiger partial charge in [0.15, 0.2) is 0 Å². The maximum absolute atomic E-state index is 12.6. The van der Waals surface area contributed by atoms with Gasteiger partial charge in [-0.3, -0.25) is 9.69 Å². The van der Waals surface area contributed by atoms with Crippen molar-refractivity contribution in [3.05, 3.63) is 63.2 Å². The summed E-state index contributed by atoms with van der Waals surface area (Å²) in [6.45, 7) is 0. The molecule has 0 spiro atoms. The smallest absolute Gasteiger partial charge is 0.266 e. The fraction of sp³-hybridized carbons (Fsp3) is 0.118. The van der Waals surface area contributed by atoms with Crippen LogP contribution in [0.4, 0.5) is 0 Å². The van der Waals surface area contributed by atoms with Crippen LogP contribution in [0.1, 0.15) is 10.4 Å². The van der Waals surface area contributed by atoms with Gasteiger partial charge in [0.25, 0.3) is 5.91 Å². The Labute approximate surface area is 152 Å². The highest BCUT2D eigenvalue weighted by Crippen LogP contribution is 2.35. The molecule has 0 radical (unpaired) electrons. The zero-order valence-corrected chi connectivity index (χ0v) is 14.8. The Morgan fingerprint density at radius 3 is 2.62 bits per heavy atom. The third-order valence-electron chi connectivity index (χ3n) is 3.50. The number of benzene rings is 1. The summed E-state index contributed by atoms with van der Waals surface area (Å²) in [5, 5.41) is 13.5. The molecule has 1 fully saturated rings. The van der Waals surface area contributed by atoms with E-state index in [-0.39, 0.29) is 16.6 Å². The number of thiophene rings is 1. The Balaban J connectivity index is 1.87. The van der Waals surface area contributed by atoms with Crippen molar-refractivity contribution in [2.24, 2.45) is 0 Å². The molecular formula is C17H12NO3S3-. The SMILES string of the molecule is O=C([O-])[C@@H](Cc1ccccc1)N1C(=O)/C(=C/c2cccs2)SC1=S. The molecule has 0 N–H and O–H groups in total. The van der Waals surface area contributed by atoms with Crippen LogP contribution in [0.3, 0.4) is 0 Å². The van der Waals surface area contributed by atoms with Gasteiger partial charge in [-0.1, -0.05) is 60.4 Å². The summed E-state index contributed by atoms with van der Waals surface area (Å²) in [4.78, 5) is 26.8. The van der Waals surface area contributed by atoms with E-state index in [1.165, 1.54) is 11.3 Å². The van der Waals surface area contributed by atoms with Crippen molar-refractivity contribution in [1.29, 1.82) is 0 Å². The highest BCUT2D eigenvalue weighted by atomic mass is 32.2. The minimum Gasteiger partial charge on any atom is -0.548 e. The van der Waals surface area contributed by atoms with Crippen molar-refractivity contribution < 1.29 is 14.7 Å². The fourth-order valence-electron chi connectivity index (χ4n) is 2.37. The Morgan fingerprint density at radius 1 is 1.25 bits per heavy atom. The van der Waals surface area contributed by atoms with E-state index in [1.807, 2.05) is 47.8 Å². The monoisotopic (exact) mass is 374 g/mol. The van der Waals surface area contributed by atoms with Gasteiger partial charge in [-0.15, -0.1) is 11.3 Å². The molecule has 24 heavy (non-hydrogen) atoms. The van der Waals surface area contributed by atoms with Crippen LogP contribution in [-0.4, -0.2) is 27.1 Å². The number of carboxylic acid groups (broad SMARTS) is 1. The van der Waals surface area contributed by atoms with Crippen LogP contribution >= 0.6 is 35.3 Å². The normalized spacial score (nSPS) is 17.5. The quantitative estimate of drug-likeness (QED) is 0.594. The molecule has 1 aliphatic heterocycles. The molecule has 0 bridgehead atoms. The molecule has 1 saturated heterocycles. The van der Waals surface area contributed by atoms with E-state index < -0.39 is 12.0 Å². The molecule has 1 aliphatic rings. The van der Waals surface area contributed by atoms with E-state index >= 15 is 0 Å². The zero-order chi connectivity index (χ0) is 17.1. The van der Waals surface area contributed by atoms with Gasteiger partial charge < -0.3 is 9.90 Å². The van der Waals surface area contributed by atoms with Crippen LogP contribution in [0.2, 0.25) is 0 Å². The van der Waals surface area contributed by atoms with E-state index in [0.717, 1.165) is 27.1 Å². The lowest BCUT2D eigenvalue weighted by molar-refractivity contribution is -0.310. The molecule has 4 nitrogen and oxygen atoms in total. The third-order valence-corrected chi connectivity index (χ3v) is 5.65. The van der Waals surface area contributed by atoms with Gasteiger partial charge in [0, 0.05) is 4.88 Å². The van der Waals surface area contributed by atoms with Gasteiger partial charge in [0.05, 0.1) is 16.9 Å². The molecular weight excluding hydrogens is 362 g/mol. The minimum atomic E-state index is -1.31. The zero-order valence-electron chi connectivity index (χ0n) is 12.4. The number of thiocarbonyl (C=S) groups is 1. The predicted octanol–water partition coefficient (Wildman–Crippen LogP) is 2.31. The topological polar surface area (TPSA) is 60.4 Å². The molecule has 1 aromatic heterocycles. The van der Waals surface area contributed by atoms with Gasteiger partial charge in [-0.25, -0.2) is 0 Å². The molecule has 0 aliphatic carbocycles. The van der Waals surface area contributed by atoms with E-state index in [1.54, 1.807) is 6.08 Å². The average molecular weight is 374 g/mol. The largest absolute Gasteiger partial charge is 0.548 e. The van der Waals surface area contributed by atoms with Crippen LogP contribution in [0.25, 0.3) is 6.08 Å². The van der Waals surface area contributed by atoms with Crippen LogP contribution in [-0.2, 0) is 16.0 Å². The second-order valence-electron chi connectivity index (χ2n) is 5.09. The number of carbonyl (C=O) groups excluding carboxylic acids is 2. The Bertz CT molecular complexity index is 800. The number of hydrogen-bond donors (Lipinski definition) is 0. The number of carboxylic acids is 1. The van der Waals surface area contributed by atoms with Crippen molar-refractivity contribution in [3.8, 4) is 0 Å². The highest BCUT2D eigenvalue weighted by Gasteiger charge is 2.37. The van der Waals surface area contributed by atoms with Crippen LogP contribution in [0.15, 0.2) is 52.7 Å². The molecule has 2 heterocycles. The maximum Gasteiger partial charge on any atom is 0.266 e. The Hall–Kier alpha value is -1.96. The van der Waals surface area contributed by atoms with Crippen molar-refractivity contribution in [3.63, 3.8) is 0 Å². The van der Waals surface area contributed by atoms with Gasteiger partial charge in [0.1, 0.15) is 4.32 Å². The van der Waals surface area contributed by atoms with Crippen molar-refractivity contribution in [2.75, 3.05) is 0 Å². The van der Waals surface area contributed by atoms with Gasteiger partial charge in [-0.05, 0) is 29.5 Å². The third kappa shape index (κ3) is 3.58. The summed E-state index contributed by atoms with van der Waals surface area (Å²) >= 11 is 7.86. The summed E-state index contributed by atoms with van der Waals surface area (Å²) in [6.07, 6.45) is 1.89. The number of aliphatic carboxylic acids is 1. The van der Waals surface area contributed by atoms with E-state index in [4.69, 9.17) is 12.2 Å². The Morgan fingerprint density at radius 2 is 2.00 bits per heavy atom. The highest BCUT2D eigenvalue weighted by molar-refractivity contribution is 8.26. The summed E-state index contributed by atoms with van der Waals surface area (Å²) in [5.74, 6) is -1.70. The van der Waals surface area contributed by atoms with Crippen LogP contribution < -0.4 is 5.11 Å². The number of rotatable bonds is 5. The standard InChI is InChI=1S/C17H13NO3S3/c19-15-14(10-12-7-4-8-23-12)24-17(22)18(15)13(16(20)21)9-11-5-2-1-3-6-11/h1-8,10,13H,9H2,(H,20,21)/p-1/b14-10-/t13-/m1/s1. The van der Waals surface area contributed by atoms with Crippen LogP contribution in [0, 0.1) is 0 Å². The first kappa shape index (κ1) is 16.9. The van der Waals surface area contributed by atoms with E-state index in [9.17, 15) is 14.7 Å². The second-order valence-corrected chi connectivity index (χ2v) is 7.75. The number of hydrogen-bond acceptors (Lipinski definition) is 6.